The molecule has 0 aliphatic carbocycles. The van der Waals surface area contributed by atoms with E-state index >= 15 is 0 Å². The van der Waals surface area contributed by atoms with Crippen LogP contribution in [0.15, 0.2) is 0 Å². The molecule has 0 aliphatic heterocycles. The summed E-state index contributed by atoms with van der Waals surface area (Å²) in [6.07, 6.45) is 0. The fraction of sp³-hybridized carbons (Fsp3) is 1.00. The van der Waals surface area contributed by atoms with Gasteiger partial charge in [-0.2, -0.15) is 12.6 Å². The maximum absolute atomic E-state index is 5.22. The zero-order valence-corrected chi connectivity index (χ0v) is 7.90. The number of ether oxygens (including phenoxy) is 2. The molecule has 0 unspecified atom stereocenters. The molecule has 68 valence electrons. The predicted octanol–water partition coefficient (Wildman–Crippen LogP) is 0.516. The normalized spacial score (nSPS) is 10.4. The van der Waals surface area contributed by atoms with Gasteiger partial charge in [0.15, 0.2) is 0 Å². The predicted molar refractivity (Wildman–Crippen MR) is 49.2 cm³/mol. The molecule has 0 radical (unpaired) electrons. The van der Waals surface area contributed by atoms with Crippen molar-refractivity contribution >= 4 is 12.6 Å². The van der Waals surface area contributed by atoms with Crippen molar-refractivity contribution in [3.05, 3.63) is 0 Å². The first-order chi connectivity index (χ1) is 5.41. The first-order valence-corrected chi connectivity index (χ1v) is 4.52. The molecule has 4 heteroatoms. The molecular formula is C7H17NO2S. The van der Waals surface area contributed by atoms with Crippen LogP contribution < -0.4 is 5.32 Å². The zero-order chi connectivity index (χ0) is 8.36. The van der Waals surface area contributed by atoms with Crippen LogP contribution in [0.2, 0.25) is 0 Å². The summed E-state index contributed by atoms with van der Waals surface area (Å²) in [5, 5.41) is 3.16. The monoisotopic (exact) mass is 179 g/mol. The number of likely N-dealkylation sites (N-methyl/N-ethyl adjacent to an activating group) is 1. The van der Waals surface area contributed by atoms with Crippen molar-refractivity contribution in [2.45, 2.75) is 6.92 Å². The lowest BCUT2D eigenvalue weighted by molar-refractivity contribution is 0.0673. The second-order valence-electron chi connectivity index (χ2n) is 2.00. The Balaban J connectivity index is 2.69. The lowest BCUT2D eigenvalue weighted by atomic mass is 10.6. The van der Waals surface area contributed by atoms with Crippen LogP contribution in [0.4, 0.5) is 0 Å². The third-order valence-electron chi connectivity index (χ3n) is 1.14. The van der Waals surface area contributed by atoms with Crippen molar-refractivity contribution in [2.24, 2.45) is 0 Å². The van der Waals surface area contributed by atoms with E-state index in [9.17, 15) is 0 Å². The highest BCUT2D eigenvalue weighted by Crippen LogP contribution is 1.79. The Morgan fingerprint density at radius 3 is 2.55 bits per heavy atom. The molecule has 0 spiro atoms. The van der Waals surface area contributed by atoms with Crippen LogP contribution in [-0.2, 0) is 9.47 Å². The standard InChI is InChI=1S/C7H17NO2S/c1-2-8-3-4-9-5-6-10-7-11/h8,11H,2-7H2,1H3. The summed E-state index contributed by atoms with van der Waals surface area (Å²) in [6, 6.07) is 0. The summed E-state index contributed by atoms with van der Waals surface area (Å²) in [5.74, 6) is 0.469. The molecule has 0 saturated carbocycles. The van der Waals surface area contributed by atoms with Gasteiger partial charge in [0.1, 0.15) is 0 Å². The van der Waals surface area contributed by atoms with Gasteiger partial charge in [-0.1, -0.05) is 6.92 Å². The van der Waals surface area contributed by atoms with Crippen LogP contribution in [-0.4, -0.2) is 38.8 Å². The van der Waals surface area contributed by atoms with E-state index in [0.717, 1.165) is 19.7 Å². The molecular weight excluding hydrogens is 162 g/mol. The largest absolute Gasteiger partial charge is 0.378 e. The molecule has 0 aromatic heterocycles. The topological polar surface area (TPSA) is 30.5 Å². The number of rotatable bonds is 8. The van der Waals surface area contributed by atoms with Crippen molar-refractivity contribution < 1.29 is 9.47 Å². The average Bonchev–Trinajstić information content (AvgIpc) is 2.03. The second-order valence-corrected chi connectivity index (χ2v) is 2.26. The summed E-state index contributed by atoms with van der Waals surface area (Å²) in [5.41, 5.74) is 0. The molecule has 0 atom stereocenters. The van der Waals surface area contributed by atoms with E-state index in [-0.39, 0.29) is 0 Å². The Morgan fingerprint density at radius 2 is 1.91 bits per heavy atom. The highest BCUT2D eigenvalue weighted by molar-refractivity contribution is 7.80. The van der Waals surface area contributed by atoms with Crippen LogP contribution in [0, 0.1) is 0 Å². The lowest BCUT2D eigenvalue weighted by Crippen LogP contribution is -2.19. The molecule has 0 heterocycles. The number of hydrogen-bond donors (Lipinski definition) is 2. The molecule has 0 saturated heterocycles. The van der Waals surface area contributed by atoms with Crippen LogP contribution in [0.5, 0.6) is 0 Å². The summed E-state index contributed by atoms with van der Waals surface area (Å²) in [7, 11) is 0. The summed E-state index contributed by atoms with van der Waals surface area (Å²) in [4.78, 5) is 0. The molecule has 0 fully saturated rings. The minimum Gasteiger partial charge on any atom is -0.378 e. The maximum atomic E-state index is 5.22. The Labute approximate surface area is 73.9 Å². The summed E-state index contributed by atoms with van der Waals surface area (Å²) < 4.78 is 10.2. The first kappa shape index (κ1) is 11.2. The van der Waals surface area contributed by atoms with Crippen LogP contribution in [0.25, 0.3) is 0 Å². The van der Waals surface area contributed by atoms with E-state index in [1.165, 1.54) is 0 Å². The number of nitrogens with one attached hydrogen (secondary N) is 1. The fourth-order valence-corrected chi connectivity index (χ4v) is 0.735. The van der Waals surface area contributed by atoms with Crippen molar-refractivity contribution in [3.63, 3.8) is 0 Å². The van der Waals surface area contributed by atoms with E-state index < -0.39 is 0 Å². The van der Waals surface area contributed by atoms with Gasteiger partial charge in [0.2, 0.25) is 0 Å². The molecule has 0 rings (SSSR count). The van der Waals surface area contributed by atoms with Gasteiger partial charge in [0.25, 0.3) is 0 Å². The maximum Gasteiger partial charge on any atom is 0.0893 e. The molecule has 0 bridgehead atoms. The van der Waals surface area contributed by atoms with E-state index in [4.69, 9.17) is 9.47 Å². The van der Waals surface area contributed by atoms with Crippen LogP contribution in [0.1, 0.15) is 6.92 Å². The Bertz CT molecular complexity index is 65.5. The lowest BCUT2D eigenvalue weighted by Gasteiger charge is -2.03. The summed E-state index contributed by atoms with van der Waals surface area (Å²) in [6.45, 7) is 6.03. The van der Waals surface area contributed by atoms with Gasteiger partial charge in [0.05, 0.1) is 25.8 Å². The summed E-state index contributed by atoms with van der Waals surface area (Å²) >= 11 is 3.89. The zero-order valence-electron chi connectivity index (χ0n) is 7.01. The highest BCUT2D eigenvalue weighted by atomic mass is 32.1. The van der Waals surface area contributed by atoms with Crippen molar-refractivity contribution in [1.82, 2.24) is 5.32 Å². The van der Waals surface area contributed by atoms with Gasteiger partial charge in [-0.05, 0) is 6.54 Å². The van der Waals surface area contributed by atoms with Crippen LogP contribution in [0.3, 0.4) is 0 Å². The van der Waals surface area contributed by atoms with Gasteiger partial charge in [-0.25, -0.2) is 0 Å². The first-order valence-electron chi connectivity index (χ1n) is 3.89. The van der Waals surface area contributed by atoms with Gasteiger partial charge in [-0.15, -0.1) is 0 Å². The molecule has 11 heavy (non-hydrogen) atoms. The van der Waals surface area contributed by atoms with Gasteiger partial charge < -0.3 is 14.8 Å². The minimum absolute atomic E-state index is 0.469. The molecule has 0 aliphatic rings. The second kappa shape index (κ2) is 10.2. The molecule has 1 N–H and O–H groups in total. The Morgan fingerprint density at radius 1 is 1.18 bits per heavy atom. The van der Waals surface area contributed by atoms with Gasteiger partial charge >= 0.3 is 0 Å². The number of hydrogen-bond acceptors (Lipinski definition) is 4. The minimum atomic E-state index is 0.469. The fourth-order valence-electron chi connectivity index (χ4n) is 0.606. The van der Waals surface area contributed by atoms with Crippen molar-refractivity contribution in [2.75, 3.05) is 38.8 Å². The quantitative estimate of drug-likeness (QED) is 0.323. The Kier molecular flexibility index (Phi) is 10.4. The number of thiol groups is 1. The van der Waals surface area contributed by atoms with E-state index in [2.05, 4.69) is 24.9 Å². The van der Waals surface area contributed by atoms with Gasteiger partial charge in [0, 0.05) is 6.54 Å². The van der Waals surface area contributed by atoms with Crippen molar-refractivity contribution in [1.29, 1.82) is 0 Å². The van der Waals surface area contributed by atoms with E-state index in [0.29, 0.717) is 19.2 Å². The van der Waals surface area contributed by atoms with E-state index in [1.54, 1.807) is 0 Å². The molecule has 3 nitrogen and oxygen atoms in total. The Hall–Kier alpha value is 0.230. The third-order valence-corrected chi connectivity index (χ3v) is 1.32. The van der Waals surface area contributed by atoms with Gasteiger partial charge in [-0.3, -0.25) is 0 Å². The smallest absolute Gasteiger partial charge is 0.0893 e. The molecule has 0 aromatic rings. The average molecular weight is 179 g/mol. The highest BCUT2D eigenvalue weighted by Gasteiger charge is 1.86. The van der Waals surface area contributed by atoms with Crippen LogP contribution >= 0.6 is 12.6 Å². The van der Waals surface area contributed by atoms with Crippen molar-refractivity contribution in [3.8, 4) is 0 Å². The SMILES string of the molecule is CCNCCOCCOCS. The third kappa shape index (κ3) is 10.2. The molecule has 0 aromatic carbocycles. The van der Waals surface area contributed by atoms with E-state index in [1.807, 2.05) is 0 Å². The molecule has 0 amide bonds.